The lowest BCUT2D eigenvalue weighted by atomic mass is 10.1. The van der Waals surface area contributed by atoms with Gasteiger partial charge in [0.1, 0.15) is 0 Å². The summed E-state index contributed by atoms with van der Waals surface area (Å²) in [7, 11) is 1.83. The van der Waals surface area contributed by atoms with Gasteiger partial charge in [0.15, 0.2) is 0 Å². The number of carbonyl (C=O) groups excluding carboxylic acids is 2. The molecule has 6 heteroatoms. The second-order valence-corrected chi connectivity index (χ2v) is 5.52. The first kappa shape index (κ1) is 20.4. The molecule has 3 N–H and O–H groups in total. The maximum Gasteiger partial charge on any atom is 0.226 e. The van der Waals surface area contributed by atoms with E-state index in [9.17, 15) is 9.59 Å². The van der Waals surface area contributed by atoms with Crippen molar-refractivity contribution < 1.29 is 9.59 Å². The first-order valence-electron chi connectivity index (χ1n) is 7.26. The number of hydrogen-bond acceptors (Lipinski definition) is 3. The number of hydrogen-bond donors (Lipinski definition) is 3. The molecule has 124 valence electrons. The van der Waals surface area contributed by atoms with Gasteiger partial charge in [-0.2, -0.15) is 0 Å². The van der Waals surface area contributed by atoms with Crippen LogP contribution in [0.4, 0.5) is 5.69 Å². The second-order valence-electron chi connectivity index (χ2n) is 5.52. The van der Waals surface area contributed by atoms with E-state index < -0.39 is 0 Å². The lowest BCUT2D eigenvalue weighted by Gasteiger charge is -2.12. The van der Waals surface area contributed by atoms with E-state index in [1.54, 1.807) is 0 Å². The van der Waals surface area contributed by atoms with Crippen molar-refractivity contribution >= 4 is 29.9 Å². The molecule has 0 bridgehead atoms. The van der Waals surface area contributed by atoms with Crippen LogP contribution in [-0.4, -0.2) is 25.4 Å². The molecule has 1 atom stereocenters. The van der Waals surface area contributed by atoms with Crippen LogP contribution < -0.4 is 16.0 Å². The van der Waals surface area contributed by atoms with Crippen molar-refractivity contribution in [3.63, 3.8) is 0 Å². The van der Waals surface area contributed by atoms with Gasteiger partial charge in [-0.3, -0.25) is 9.59 Å². The molecule has 0 saturated heterocycles. The Morgan fingerprint density at radius 2 is 1.64 bits per heavy atom. The largest absolute Gasteiger partial charge is 0.352 e. The summed E-state index contributed by atoms with van der Waals surface area (Å²) in [6.45, 7) is 6.74. The Morgan fingerprint density at radius 3 is 2.14 bits per heavy atom. The molecule has 0 aromatic heterocycles. The smallest absolute Gasteiger partial charge is 0.226 e. The molecular formula is C16H26ClN3O2. The molecule has 1 aromatic rings. The standard InChI is InChI=1S/C16H25N3O2.ClH/c1-11(2)15(20)19-14-7-5-13(6-8-14)10-18-16(21)12(3)9-17-4;/h5-8,11-12,17H,9-10H2,1-4H3,(H,18,21)(H,19,20);1H. The molecule has 1 aromatic carbocycles. The zero-order valence-electron chi connectivity index (χ0n) is 13.6. The SMILES string of the molecule is CNCC(C)C(=O)NCc1ccc(NC(=O)C(C)C)cc1.Cl. The van der Waals surface area contributed by atoms with E-state index in [1.807, 2.05) is 52.1 Å². The summed E-state index contributed by atoms with van der Waals surface area (Å²) >= 11 is 0. The summed E-state index contributed by atoms with van der Waals surface area (Å²) in [4.78, 5) is 23.4. The number of halogens is 1. The van der Waals surface area contributed by atoms with Gasteiger partial charge in [0.25, 0.3) is 0 Å². The van der Waals surface area contributed by atoms with Crippen LogP contribution in [0, 0.1) is 11.8 Å². The molecule has 1 rings (SSSR count). The van der Waals surface area contributed by atoms with E-state index in [4.69, 9.17) is 0 Å². The summed E-state index contributed by atoms with van der Waals surface area (Å²) in [6, 6.07) is 7.50. The third-order valence-electron chi connectivity index (χ3n) is 3.17. The van der Waals surface area contributed by atoms with Crippen LogP contribution in [0.5, 0.6) is 0 Å². The second kappa shape index (κ2) is 10.2. The van der Waals surface area contributed by atoms with Crippen LogP contribution in [0.2, 0.25) is 0 Å². The predicted octanol–water partition coefficient (Wildman–Crippen LogP) is 2.17. The summed E-state index contributed by atoms with van der Waals surface area (Å²) in [5.41, 5.74) is 1.77. The van der Waals surface area contributed by atoms with Crippen LogP contribution in [0.15, 0.2) is 24.3 Å². The first-order chi connectivity index (χ1) is 9.93. The Morgan fingerprint density at radius 1 is 1.05 bits per heavy atom. The highest BCUT2D eigenvalue weighted by Crippen LogP contribution is 2.11. The Labute approximate surface area is 138 Å². The molecule has 1 unspecified atom stereocenters. The molecule has 0 aliphatic heterocycles. The molecule has 0 radical (unpaired) electrons. The van der Waals surface area contributed by atoms with Crippen molar-refractivity contribution in [1.29, 1.82) is 0 Å². The Hall–Kier alpha value is -1.59. The van der Waals surface area contributed by atoms with E-state index in [-0.39, 0.29) is 36.1 Å². The number of amides is 2. The minimum atomic E-state index is -0.0559. The summed E-state index contributed by atoms with van der Waals surface area (Å²) in [5.74, 6) is -0.0734. The fourth-order valence-corrected chi connectivity index (χ4v) is 1.75. The van der Waals surface area contributed by atoms with Crippen LogP contribution in [-0.2, 0) is 16.1 Å². The first-order valence-corrected chi connectivity index (χ1v) is 7.26. The average Bonchev–Trinajstić information content (AvgIpc) is 2.46. The lowest BCUT2D eigenvalue weighted by Crippen LogP contribution is -2.33. The average molecular weight is 328 g/mol. The highest BCUT2D eigenvalue weighted by atomic mass is 35.5. The quantitative estimate of drug-likeness (QED) is 0.719. The number of benzene rings is 1. The molecule has 2 amide bonds. The minimum absolute atomic E-state index is 0. The maximum atomic E-state index is 11.8. The van der Waals surface area contributed by atoms with Crippen molar-refractivity contribution in [3.05, 3.63) is 29.8 Å². The summed E-state index contributed by atoms with van der Waals surface area (Å²) < 4.78 is 0. The fraction of sp³-hybridized carbons (Fsp3) is 0.500. The van der Waals surface area contributed by atoms with E-state index in [0.29, 0.717) is 13.1 Å². The maximum absolute atomic E-state index is 11.8. The van der Waals surface area contributed by atoms with Crippen LogP contribution in [0.3, 0.4) is 0 Å². The zero-order valence-corrected chi connectivity index (χ0v) is 14.4. The molecule has 22 heavy (non-hydrogen) atoms. The predicted molar refractivity (Wildman–Crippen MR) is 92.1 cm³/mol. The van der Waals surface area contributed by atoms with E-state index >= 15 is 0 Å². The van der Waals surface area contributed by atoms with Gasteiger partial charge in [0.05, 0.1) is 0 Å². The van der Waals surface area contributed by atoms with E-state index in [2.05, 4.69) is 16.0 Å². The Kier molecular flexibility index (Phi) is 9.45. The van der Waals surface area contributed by atoms with Gasteiger partial charge in [0.2, 0.25) is 11.8 Å². The highest BCUT2D eigenvalue weighted by molar-refractivity contribution is 5.92. The van der Waals surface area contributed by atoms with Gasteiger partial charge >= 0.3 is 0 Å². The molecular weight excluding hydrogens is 302 g/mol. The van der Waals surface area contributed by atoms with Crippen molar-refractivity contribution in [2.75, 3.05) is 18.9 Å². The fourth-order valence-electron chi connectivity index (χ4n) is 1.75. The summed E-state index contributed by atoms with van der Waals surface area (Å²) in [6.07, 6.45) is 0. The van der Waals surface area contributed by atoms with Crippen LogP contribution >= 0.6 is 12.4 Å². The molecule has 0 fully saturated rings. The van der Waals surface area contributed by atoms with Gasteiger partial charge < -0.3 is 16.0 Å². The molecule has 5 nitrogen and oxygen atoms in total. The normalized spacial score (nSPS) is 11.5. The van der Waals surface area contributed by atoms with Crippen LogP contribution in [0.25, 0.3) is 0 Å². The Balaban J connectivity index is 0.00000441. The van der Waals surface area contributed by atoms with E-state index in [0.717, 1.165) is 11.3 Å². The molecule has 0 aliphatic carbocycles. The topological polar surface area (TPSA) is 70.2 Å². The van der Waals surface area contributed by atoms with Gasteiger partial charge in [-0.25, -0.2) is 0 Å². The van der Waals surface area contributed by atoms with Gasteiger partial charge in [-0.05, 0) is 24.7 Å². The van der Waals surface area contributed by atoms with Crippen molar-refractivity contribution in [2.24, 2.45) is 11.8 Å². The van der Waals surface area contributed by atoms with Gasteiger partial charge in [-0.1, -0.05) is 32.9 Å². The van der Waals surface area contributed by atoms with Crippen molar-refractivity contribution in [1.82, 2.24) is 10.6 Å². The minimum Gasteiger partial charge on any atom is -0.352 e. The number of rotatable bonds is 7. The number of carbonyl (C=O) groups is 2. The lowest BCUT2D eigenvalue weighted by molar-refractivity contribution is -0.124. The van der Waals surface area contributed by atoms with E-state index in [1.165, 1.54) is 0 Å². The highest BCUT2D eigenvalue weighted by Gasteiger charge is 2.11. The summed E-state index contributed by atoms with van der Waals surface area (Å²) in [5, 5.41) is 8.71. The third kappa shape index (κ3) is 6.91. The molecule has 0 spiro atoms. The van der Waals surface area contributed by atoms with Gasteiger partial charge in [0, 0.05) is 30.6 Å². The molecule has 0 heterocycles. The zero-order chi connectivity index (χ0) is 15.8. The van der Waals surface area contributed by atoms with Crippen LogP contribution in [0.1, 0.15) is 26.3 Å². The number of nitrogens with one attached hydrogen (secondary N) is 3. The van der Waals surface area contributed by atoms with Gasteiger partial charge in [-0.15, -0.1) is 12.4 Å². The molecule has 0 saturated carbocycles. The third-order valence-corrected chi connectivity index (χ3v) is 3.17. The number of anilines is 1. The monoisotopic (exact) mass is 327 g/mol. The Bertz CT molecular complexity index is 475. The van der Waals surface area contributed by atoms with Crippen molar-refractivity contribution in [3.8, 4) is 0 Å². The molecule has 0 aliphatic rings. The van der Waals surface area contributed by atoms with Crippen molar-refractivity contribution in [2.45, 2.75) is 27.3 Å².